The van der Waals surface area contributed by atoms with Gasteiger partial charge in [-0.3, -0.25) is 4.79 Å². The first-order valence-electron chi connectivity index (χ1n) is 8.05. The number of carbonyl (C=O) groups is 2. The zero-order valence-electron chi connectivity index (χ0n) is 14.6. The molecule has 0 saturated heterocycles. The first-order chi connectivity index (χ1) is 13.3. The molecule has 3 aromatic rings. The normalized spacial score (nSPS) is 10.7. The summed E-state index contributed by atoms with van der Waals surface area (Å²) >= 11 is 12.0. The molecular weight excluding hydrogens is 408 g/mol. The number of benzene rings is 2. The van der Waals surface area contributed by atoms with E-state index in [4.69, 9.17) is 33.7 Å². The van der Waals surface area contributed by atoms with Gasteiger partial charge in [-0.15, -0.1) is 0 Å². The topological polar surface area (TPSA) is 87.2 Å². The van der Waals surface area contributed by atoms with Crippen LogP contribution in [0.5, 0.6) is 0 Å². The molecule has 9 heteroatoms. The number of ether oxygens (including phenoxy) is 1. The van der Waals surface area contributed by atoms with Crippen LogP contribution in [0, 0.1) is 12.7 Å². The Labute approximate surface area is 169 Å². The van der Waals surface area contributed by atoms with Gasteiger partial charge < -0.3 is 10.5 Å². The number of hydrogen-bond donors (Lipinski definition) is 1. The van der Waals surface area contributed by atoms with E-state index in [1.54, 1.807) is 25.1 Å². The van der Waals surface area contributed by atoms with Gasteiger partial charge in [0.15, 0.2) is 6.61 Å². The van der Waals surface area contributed by atoms with Crippen molar-refractivity contribution in [1.29, 1.82) is 0 Å². The van der Waals surface area contributed by atoms with Gasteiger partial charge in [-0.2, -0.15) is 5.10 Å². The van der Waals surface area contributed by atoms with Gasteiger partial charge in [-0.25, -0.2) is 13.9 Å². The lowest BCUT2D eigenvalue weighted by molar-refractivity contribution is 0.0475. The molecule has 0 aliphatic rings. The third kappa shape index (κ3) is 3.85. The lowest BCUT2D eigenvalue weighted by Gasteiger charge is -2.08. The number of rotatable bonds is 5. The number of Topliss-reactive ketones (excluding diaryl/α,β-unsaturated/α-hetero) is 1. The van der Waals surface area contributed by atoms with E-state index in [1.165, 1.54) is 22.9 Å². The molecule has 1 heterocycles. The van der Waals surface area contributed by atoms with Gasteiger partial charge in [0.2, 0.25) is 5.78 Å². The van der Waals surface area contributed by atoms with E-state index in [9.17, 15) is 14.0 Å². The van der Waals surface area contributed by atoms with Gasteiger partial charge in [0.1, 0.15) is 17.2 Å². The van der Waals surface area contributed by atoms with Crippen LogP contribution >= 0.6 is 23.2 Å². The van der Waals surface area contributed by atoms with Crippen molar-refractivity contribution < 1.29 is 18.7 Å². The van der Waals surface area contributed by atoms with Crippen molar-refractivity contribution in [3.8, 4) is 5.69 Å². The highest BCUT2D eigenvalue weighted by atomic mass is 35.5. The molecule has 3 rings (SSSR count). The Morgan fingerprint density at radius 2 is 1.89 bits per heavy atom. The molecule has 0 atom stereocenters. The smallest absolute Gasteiger partial charge is 0.344 e. The van der Waals surface area contributed by atoms with Crippen molar-refractivity contribution in [2.24, 2.45) is 0 Å². The molecule has 0 unspecified atom stereocenters. The van der Waals surface area contributed by atoms with Crippen LogP contribution in [0.4, 0.5) is 10.2 Å². The fraction of sp³-hybridized carbons (Fsp3) is 0.105. The monoisotopic (exact) mass is 421 g/mol. The van der Waals surface area contributed by atoms with Crippen molar-refractivity contribution in [2.45, 2.75) is 6.92 Å². The summed E-state index contributed by atoms with van der Waals surface area (Å²) < 4.78 is 19.6. The zero-order valence-corrected chi connectivity index (χ0v) is 16.1. The van der Waals surface area contributed by atoms with Gasteiger partial charge in [0, 0.05) is 5.56 Å². The summed E-state index contributed by atoms with van der Waals surface area (Å²) in [6, 6.07) is 10.1. The molecule has 144 valence electrons. The summed E-state index contributed by atoms with van der Waals surface area (Å²) in [5, 5.41) is 4.50. The number of carbonyl (C=O) groups excluding carboxylic acids is 2. The van der Waals surface area contributed by atoms with Crippen LogP contribution in [0.2, 0.25) is 10.0 Å². The van der Waals surface area contributed by atoms with Crippen LogP contribution < -0.4 is 5.73 Å². The number of aromatic nitrogens is 2. The van der Waals surface area contributed by atoms with Crippen LogP contribution in [0.25, 0.3) is 5.69 Å². The summed E-state index contributed by atoms with van der Waals surface area (Å²) in [6.45, 7) is 1.04. The van der Waals surface area contributed by atoms with Crippen molar-refractivity contribution in [3.63, 3.8) is 0 Å². The van der Waals surface area contributed by atoms with Crippen LogP contribution in [0.1, 0.15) is 26.4 Å². The molecule has 0 aliphatic heterocycles. The van der Waals surface area contributed by atoms with Crippen LogP contribution in [-0.4, -0.2) is 28.1 Å². The van der Waals surface area contributed by atoms with Crippen molar-refractivity contribution >= 4 is 40.8 Å². The Bertz CT molecular complexity index is 1080. The minimum atomic E-state index is -0.820. The fourth-order valence-corrected chi connectivity index (χ4v) is 3.09. The molecule has 1 aromatic heterocycles. The Kier molecular flexibility index (Phi) is 5.67. The second kappa shape index (κ2) is 8.00. The Morgan fingerprint density at radius 3 is 2.57 bits per heavy atom. The molecule has 6 nitrogen and oxygen atoms in total. The molecular formula is C19H14Cl2FN3O3. The van der Waals surface area contributed by atoms with Crippen molar-refractivity contribution in [1.82, 2.24) is 9.78 Å². The van der Waals surface area contributed by atoms with Crippen LogP contribution in [0.15, 0.2) is 42.5 Å². The highest BCUT2D eigenvalue weighted by Gasteiger charge is 2.24. The SMILES string of the molecule is Cc1nn(-c2ccc(F)cc2Cl)c(N)c1C(=O)OCC(=O)c1ccccc1Cl. The van der Waals surface area contributed by atoms with Gasteiger partial charge >= 0.3 is 5.97 Å². The number of nitrogens with two attached hydrogens (primary N) is 1. The Balaban J connectivity index is 1.82. The molecule has 2 aromatic carbocycles. The largest absolute Gasteiger partial charge is 0.454 e. The maximum absolute atomic E-state index is 13.3. The predicted octanol–water partition coefficient (Wildman–Crippen LogP) is 4.25. The molecule has 0 amide bonds. The lowest BCUT2D eigenvalue weighted by Crippen LogP contribution is -2.16. The number of hydrogen-bond acceptors (Lipinski definition) is 5. The molecule has 0 spiro atoms. The zero-order chi connectivity index (χ0) is 20.4. The standard InChI is InChI=1S/C19H14Cl2FN3O3/c1-10-17(18(23)25(24-10)15-7-6-11(22)8-14(15)21)19(27)28-9-16(26)12-4-2-3-5-13(12)20/h2-8H,9,23H2,1H3. The van der Waals surface area contributed by atoms with E-state index in [0.29, 0.717) is 5.69 Å². The summed E-state index contributed by atoms with van der Waals surface area (Å²) in [4.78, 5) is 24.7. The molecule has 0 bridgehead atoms. The van der Waals surface area contributed by atoms with E-state index in [2.05, 4.69) is 5.10 Å². The van der Waals surface area contributed by atoms with Crippen LogP contribution in [0.3, 0.4) is 0 Å². The molecule has 28 heavy (non-hydrogen) atoms. The highest BCUT2D eigenvalue weighted by Crippen LogP contribution is 2.27. The molecule has 0 fully saturated rings. The minimum absolute atomic E-state index is 0.00708. The average Bonchev–Trinajstić information content (AvgIpc) is 2.94. The fourth-order valence-electron chi connectivity index (χ4n) is 2.60. The number of nitrogen functional groups attached to an aromatic ring is 1. The third-order valence-corrected chi connectivity index (χ3v) is 4.58. The highest BCUT2D eigenvalue weighted by molar-refractivity contribution is 6.34. The van der Waals surface area contributed by atoms with Gasteiger partial charge in [-0.05, 0) is 37.3 Å². The van der Waals surface area contributed by atoms with E-state index < -0.39 is 24.2 Å². The molecule has 2 N–H and O–H groups in total. The van der Waals surface area contributed by atoms with Gasteiger partial charge in [0.05, 0.1) is 21.4 Å². The van der Waals surface area contributed by atoms with Gasteiger partial charge in [0.25, 0.3) is 0 Å². The molecule has 0 radical (unpaired) electrons. The maximum Gasteiger partial charge on any atom is 0.344 e. The first-order valence-corrected chi connectivity index (χ1v) is 8.80. The number of nitrogens with zero attached hydrogens (tertiary/aromatic N) is 2. The lowest BCUT2D eigenvalue weighted by atomic mass is 10.1. The maximum atomic E-state index is 13.3. The third-order valence-electron chi connectivity index (χ3n) is 3.95. The van der Waals surface area contributed by atoms with Gasteiger partial charge in [-0.1, -0.05) is 35.3 Å². The number of halogens is 3. The number of esters is 1. The number of anilines is 1. The van der Waals surface area contributed by atoms with E-state index in [-0.39, 0.29) is 32.7 Å². The molecule has 0 aliphatic carbocycles. The molecule has 0 saturated carbocycles. The quantitative estimate of drug-likeness (QED) is 0.491. The number of ketones is 1. The van der Waals surface area contributed by atoms with Crippen molar-refractivity contribution in [2.75, 3.05) is 12.3 Å². The summed E-state index contributed by atoms with van der Waals surface area (Å²) in [5.74, 6) is -1.83. The second-order valence-corrected chi connectivity index (χ2v) is 6.65. The second-order valence-electron chi connectivity index (χ2n) is 5.83. The summed E-state index contributed by atoms with van der Waals surface area (Å²) in [5.41, 5.74) is 6.84. The van der Waals surface area contributed by atoms with Crippen LogP contribution in [-0.2, 0) is 4.74 Å². The van der Waals surface area contributed by atoms with E-state index in [0.717, 1.165) is 6.07 Å². The van der Waals surface area contributed by atoms with E-state index in [1.807, 2.05) is 0 Å². The predicted molar refractivity (Wildman–Crippen MR) is 104 cm³/mol. The minimum Gasteiger partial charge on any atom is -0.454 e. The number of aryl methyl sites for hydroxylation is 1. The summed E-state index contributed by atoms with van der Waals surface area (Å²) in [6.07, 6.45) is 0. The average molecular weight is 422 g/mol. The Hall–Kier alpha value is -2.90. The first kappa shape index (κ1) is 19.9. The Morgan fingerprint density at radius 1 is 1.18 bits per heavy atom. The van der Waals surface area contributed by atoms with Crippen molar-refractivity contribution in [3.05, 3.63) is 75.1 Å². The van der Waals surface area contributed by atoms with E-state index >= 15 is 0 Å². The summed E-state index contributed by atoms with van der Waals surface area (Å²) in [7, 11) is 0.